The Morgan fingerprint density at radius 1 is 1.00 bits per heavy atom. The predicted molar refractivity (Wildman–Crippen MR) is 78.9 cm³/mol. The molecule has 0 radical (unpaired) electrons. The molecule has 4 atom stereocenters. The molecule has 0 aromatic carbocycles. The van der Waals surface area contributed by atoms with Gasteiger partial charge in [-0.05, 0) is 55.8 Å². The van der Waals surface area contributed by atoms with E-state index >= 15 is 0 Å². The third-order valence-corrected chi connectivity index (χ3v) is 5.64. The molecule has 2 amide bonds. The molecule has 0 aromatic heterocycles. The molecule has 0 spiro atoms. The first kappa shape index (κ1) is 14.7. The molecule has 3 N–H and O–H groups in total. The average molecular weight is 294 g/mol. The molecular weight excluding hydrogens is 268 g/mol. The maximum Gasteiger partial charge on any atom is 0.315 e. The van der Waals surface area contributed by atoms with Crippen LogP contribution in [0.15, 0.2) is 0 Å². The first-order chi connectivity index (χ1) is 10.2. The minimum absolute atomic E-state index is 0.0145. The van der Waals surface area contributed by atoms with E-state index in [1.54, 1.807) is 0 Å². The molecule has 3 fully saturated rings. The molecule has 5 heteroatoms. The average Bonchev–Trinajstić information content (AvgIpc) is 2.84. The number of aliphatic carboxylic acids is 1. The van der Waals surface area contributed by atoms with Crippen molar-refractivity contribution in [2.24, 2.45) is 23.7 Å². The van der Waals surface area contributed by atoms with Crippen LogP contribution in [0.5, 0.6) is 0 Å². The van der Waals surface area contributed by atoms with Crippen LogP contribution in [0.25, 0.3) is 0 Å². The van der Waals surface area contributed by atoms with Gasteiger partial charge >= 0.3 is 12.0 Å². The van der Waals surface area contributed by atoms with E-state index in [9.17, 15) is 9.59 Å². The van der Waals surface area contributed by atoms with E-state index in [-0.39, 0.29) is 12.5 Å². The van der Waals surface area contributed by atoms with Gasteiger partial charge in [-0.1, -0.05) is 12.8 Å². The maximum absolute atomic E-state index is 11.8. The van der Waals surface area contributed by atoms with Gasteiger partial charge in [0.2, 0.25) is 0 Å². The second-order valence-electron chi connectivity index (χ2n) is 6.97. The van der Waals surface area contributed by atoms with Crippen LogP contribution in [0.1, 0.15) is 51.4 Å². The lowest BCUT2D eigenvalue weighted by molar-refractivity contribution is -0.137. The van der Waals surface area contributed by atoms with E-state index in [1.807, 2.05) is 0 Å². The van der Waals surface area contributed by atoms with Crippen LogP contribution in [0, 0.1) is 23.7 Å². The number of fused-ring (bicyclic) bond motifs is 5. The zero-order chi connectivity index (χ0) is 14.8. The minimum Gasteiger partial charge on any atom is -0.481 e. The molecule has 3 rings (SSSR count). The first-order valence-electron chi connectivity index (χ1n) is 8.43. The van der Waals surface area contributed by atoms with Crippen LogP contribution < -0.4 is 10.6 Å². The Morgan fingerprint density at radius 3 is 2.33 bits per heavy atom. The summed E-state index contributed by atoms with van der Waals surface area (Å²) in [6.45, 7) is 0.688. The van der Waals surface area contributed by atoms with Crippen LogP contribution in [0.4, 0.5) is 4.79 Å². The Kier molecular flexibility index (Phi) is 4.36. The van der Waals surface area contributed by atoms with Gasteiger partial charge < -0.3 is 15.7 Å². The van der Waals surface area contributed by atoms with E-state index in [1.165, 1.54) is 19.3 Å². The molecule has 0 saturated heterocycles. The van der Waals surface area contributed by atoms with Gasteiger partial charge in [-0.15, -0.1) is 0 Å². The minimum atomic E-state index is -0.726. The van der Waals surface area contributed by atoms with Gasteiger partial charge in [0.15, 0.2) is 0 Å². The highest BCUT2D eigenvalue weighted by Gasteiger charge is 2.65. The molecule has 3 aliphatic rings. The van der Waals surface area contributed by atoms with Crippen molar-refractivity contribution in [2.75, 3.05) is 6.54 Å². The third kappa shape index (κ3) is 3.33. The molecular formula is C16H26N2O3. The van der Waals surface area contributed by atoms with E-state index in [4.69, 9.17) is 5.11 Å². The van der Waals surface area contributed by atoms with E-state index in [0.717, 1.165) is 49.4 Å². The Hall–Kier alpha value is -1.26. The lowest BCUT2D eigenvalue weighted by Gasteiger charge is -2.11. The molecule has 0 heterocycles. The number of nitrogens with one attached hydrogen (secondary N) is 2. The summed E-state index contributed by atoms with van der Waals surface area (Å²) in [7, 11) is 0. The molecule has 3 aliphatic carbocycles. The van der Waals surface area contributed by atoms with Crippen molar-refractivity contribution in [1.82, 2.24) is 10.6 Å². The number of urea groups is 1. The van der Waals surface area contributed by atoms with Crippen LogP contribution in [-0.2, 0) is 4.79 Å². The van der Waals surface area contributed by atoms with Gasteiger partial charge in [-0.25, -0.2) is 4.79 Å². The summed E-state index contributed by atoms with van der Waals surface area (Å²) in [4.78, 5) is 22.2. The van der Waals surface area contributed by atoms with Crippen molar-refractivity contribution in [2.45, 2.75) is 57.4 Å². The van der Waals surface area contributed by atoms with Crippen LogP contribution in [0.2, 0.25) is 0 Å². The topological polar surface area (TPSA) is 78.4 Å². The van der Waals surface area contributed by atoms with Crippen LogP contribution in [0.3, 0.4) is 0 Å². The highest BCUT2D eigenvalue weighted by Crippen LogP contribution is 2.65. The third-order valence-electron chi connectivity index (χ3n) is 5.64. The molecule has 2 bridgehead atoms. The number of hydrogen-bond acceptors (Lipinski definition) is 2. The highest BCUT2D eigenvalue weighted by atomic mass is 16.4. The number of carbonyl (C=O) groups is 2. The van der Waals surface area contributed by atoms with Crippen molar-refractivity contribution in [3.63, 3.8) is 0 Å². The number of amides is 2. The van der Waals surface area contributed by atoms with Gasteiger partial charge in [0, 0.05) is 19.0 Å². The lowest BCUT2D eigenvalue weighted by Crippen LogP contribution is -2.39. The standard InChI is InChI=1S/C16H26N2O3/c19-12(20)5-3-1-2-4-8-17-16(21)18-15-13-10-6-7-11(9-10)14(13)15/h10-11,13-15H,1-9H2,(H,19,20)(H2,17,18,21). The Labute approximate surface area is 125 Å². The summed E-state index contributed by atoms with van der Waals surface area (Å²) >= 11 is 0. The summed E-state index contributed by atoms with van der Waals surface area (Å²) in [6.07, 6.45) is 7.97. The fourth-order valence-electron chi connectivity index (χ4n) is 4.68. The second kappa shape index (κ2) is 6.24. The quantitative estimate of drug-likeness (QED) is 0.601. The zero-order valence-electron chi connectivity index (χ0n) is 12.5. The maximum atomic E-state index is 11.8. The molecule has 118 valence electrons. The van der Waals surface area contributed by atoms with Crippen LogP contribution in [-0.4, -0.2) is 29.7 Å². The molecule has 3 saturated carbocycles. The monoisotopic (exact) mass is 294 g/mol. The van der Waals surface area contributed by atoms with Gasteiger partial charge in [0.1, 0.15) is 0 Å². The van der Waals surface area contributed by atoms with Crippen molar-refractivity contribution >= 4 is 12.0 Å². The first-order valence-corrected chi connectivity index (χ1v) is 8.43. The molecule has 0 aliphatic heterocycles. The fourth-order valence-corrected chi connectivity index (χ4v) is 4.68. The summed E-state index contributed by atoms with van der Waals surface area (Å²) < 4.78 is 0. The normalized spacial score (nSPS) is 35.3. The van der Waals surface area contributed by atoms with Gasteiger partial charge in [0.25, 0.3) is 0 Å². The van der Waals surface area contributed by atoms with Crippen molar-refractivity contribution in [3.05, 3.63) is 0 Å². The molecule has 0 aromatic rings. The number of carbonyl (C=O) groups excluding carboxylic acids is 1. The van der Waals surface area contributed by atoms with Crippen molar-refractivity contribution < 1.29 is 14.7 Å². The number of rotatable bonds is 8. The number of unbranched alkanes of at least 4 members (excludes halogenated alkanes) is 3. The van der Waals surface area contributed by atoms with E-state index < -0.39 is 5.97 Å². The van der Waals surface area contributed by atoms with Gasteiger partial charge in [0.05, 0.1) is 0 Å². The Balaban J connectivity index is 1.21. The summed E-state index contributed by atoms with van der Waals surface area (Å²) in [6, 6.07) is 0.436. The molecule has 5 nitrogen and oxygen atoms in total. The Bertz CT molecular complexity index is 396. The van der Waals surface area contributed by atoms with Gasteiger partial charge in [-0.2, -0.15) is 0 Å². The number of hydrogen-bond donors (Lipinski definition) is 3. The smallest absolute Gasteiger partial charge is 0.315 e. The van der Waals surface area contributed by atoms with Crippen LogP contribution >= 0.6 is 0 Å². The predicted octanol–water partition coefficient (Wildman–Crippen LogP) is 2.37. The molecule has 4 unspecified atom stereocenters. The zero-order valence-corrected chi connectivity index (χ0v) is 12.5. The molecule has 21 heavy (non-hydrogen) atoms. The summed E-state index contributed by atoms with van der Waals surface area (Å²) in [5, 5.41) is 14.6. The number of carboxylic acid groups (broad SMARTS) is 1. The highest BCUT2D eigenvalue weighted by molar-refractivity contribution is 5.74. The summed E-state index contributed by atoms with van der Waals surface area (Å²) in [5.74, 6) is 2.62. The van der Waals surface area contributed by atoms with Crippen molar-refractivity contribution in [3.8, 4) is 0 Å². The SMILES string of the molecule is O=C(O)CCCCCCNC(=O)NC1C2C3CCC(C3)C12. The van der Waals surface area contributed by atoms with E-state index in [2.05, 4.69) is 10.6 Å². The Morgan fingerprint density at radius 2 is 1.67 bits per heavy atom. The number of carboxylic acids is 1. The summed E-state index contributed by atoms with van der Waals surface area (Å²) in [5.41, 5.74) is 0. The van der Waals surface area contributed by atoms with Gasteiger partial charge in [-0.3, -0.25) is 4.79 Å². The van der Waals surface area contributed by atoms with E-state index in [0.29, 0.717) is 12.6 Å². The van der Waals surface area contributed by atoms with Crippen molar-refractivity contribution in [1.29, 1.82) is 0 Å². The largest absolute Gasteiger partial charge is 0.481 e. The fraction of sp³-hybridized carbons (Fsp3) is 0.875. The lowest BCUT2D eigenvalue weighted by atomic mass is 10.0. The second-order valence-corrected chi connectivity index (χ2v) is 6.97.